The van der Waals surface area contributed by atoms with Crippen molar-refractivity contribution in [1.82, 2.24) is 5.32 Å². The van der Waals surface area contributed by atoms with Crippen LogP contribution in [-0.2, 0) is 6.54 Å². The summed E-state index contributed by atoms with van der Waals surface area (Å²) in [6.07, 6.45) is 1.49. The second-order valence-corrected chi connectivity index (χ2v) is 5.27. The van der Waals surface area contributed by atoms with E-state index in [4.69, 9.17) is 9.15 Å². The zero-order chi connectivity index (χ0) is 16.9. The standard InChI is InChI=1S/C19H16FNO3/c1-13-18(10-11-23-13)19(22)21-12-14-2-6-16(7-3-14)24-17-8-4-15(20)5-9-17/h2-11H,12H2,1H3,(H,21,22). The highest BCUT2D eigenvalue weighted by atomic mass is 19.1. The maximum atomic E-state index is 12.9. The van der Waals surface area contributed by atoms with E-state index in [1.807, 2.05) is 12.1 Å². The highest BCUT2D eigenvalue weighted by molar-refractivity contribution is 5.94. The summed E-state index contributed by atoms with van der Waals surface area (Å²) in [6, 6.07) is 14.8. The van der Waals surface area contributed by atoms with Crippen molar-refractivity contribution in [3.63, 3.8) is 0 Å². The normalized spacial score (nSPS) is 10.4. The molecule has 2 aromatic carbocycles. The quantitative estimate of drug-likeness (QED) is 0.754. The molecule has 0 radical (unpaired) electrons. The van der Waals surface area contributed by atoms with Gasteiger partial charge in [0.15, 0.2) is 0 Å². The lowest BCUT2D eigenvalue weighted by atomic mass is 10.2. The number of carbonyl (C=O) groups is 1. The van der Waals surface area contributed by atoms with Gasteiger partial charge in [0.1, 0.15) is 23.1 Å². The van der Waals surface area contributed by atoms with E-state index in [1.165, 1.54) is 18.4 Å². The summed E-state index contributed by atoms with van der Waals surface area (Å²) in [5.41, 5.74) is 1.47. The first-order valence-electron chi connectivity index (χ1n) is 7.46. The van der Waals surface area contributed by atoms with Crippen LogP contribution in [-0.4, -0.2) is 5.91 Å². The zero-order valence-corrected chi connectivity index (χ0v) is 13.1. The molecule has 1 amide bonds. The van der Waals surface area contributed by atoms with Gasteiger partial charge in [0, 0.05) is 6.54 Å². The lowest BCUT2D eigenvalue weighted by Crippen LogP contribution is -2.22. The number of aryl methyl sites for hydroxylation is 1. The van der Waals surface area contributed by atoms with Crippen LogP contribution in [0.25, 0.3) is 0 Å². The van der Waals surface area contributed by atoms with E-state index in [0.717, 1.165) is 5.56 Å². The minimum atomic E-state index is -0.304. The Kier molecular flexibility index (Phi) is 4.61. The molecule has 0 saturated heterocycles. The number of hydrogen-bond acceptors (Lipinski definition) is 3. The monoisotopic (exact) mass is 325 g/mol. The molecule has 1 heterocycles. The van der Waals surface area contributed by atoms with Crippen molar-refractivity contribution in [2.75, 3.05) is 0 Å². The number of ether oxygens (including phenoxy) is 1. The van der Waals surface area contributed by atoms with E-state index >= 15 is 0 Å². The maximum Gasteiger partial charge on any atom is 0.255 e. The molecule has 1 N–H and O–H groups in total. The van der Waals surface area contributed by atoms with Crippen molar-refractivity contribution in [3.8, 4) is 11.5 Å². The molecule has 122 valence electrons. The average Bonchev–Trinajstić information content (AvgIpc) is 3.02. The molecule has 0 spiro atoms. The highest BCUT2D eigenvalue weighted by Crippen LogP contribution is 2.21. The van der Waals surface area contributed by atoms with Crippen molar-refractivity contribution >= 4 is 5.91 Å². The predicted molar refractivity (Wildman–Crippen MR) is 87.5 cm³/mol. The van der Waals surface area contributed by atoms with Crippen LogP contribution >= 0.6 is 0 Å². The van der Waals surface area contributed by atoms with Crippen LogP contribution in [0, 0.1) is 12.7 Å². The molecule has 0 aliphatic heterocycles. The first-order valence-corrected chi connectivity index (χ1v) is 7.46. The Morgan fingerprint density at radius 2 is 1.67 bits per heavy atom. The van der Waals surface area contributed by atoms with Crippen molar-refractivity contribution < 1.29 is 18.3 Å². The molecule has 1 aromatic heterocycles. The SMILES string of the molecule is Cc1occc1C(=O)NCc1ccc(Oc2ccc(F)cc2)cc1. The first kappa shape index (κ1) is 15.8. The second kappa shape index (κ2) is 7.00. The Labute approximate surface area is 138 Å². The third kappa shape index (κ3) is 3.81. The van der Waals surface area contributed by atoms with Crippen molar-refractivity contribution in [3.05, 3.63) is 83.6 Å². The Morgan fingerprint density at radius 1 is 1.04 bits per heavy atom. The summed E-state index contributed by atoms with van der Waals surface area (Å²) in [5.74, 6) is 1.32. The number of nitrogens with one attached hydrogen (secondary N) is 1. The van der Waals surface area contributed by atoms with E-state index in [1.54, 1.807) is 37.3 Å². The number of carbonyl (C=O) groups excluding carboxylic acids is 1. The summed E-state index contributed by atoms with van der Waals surface area (Å²) in [4.78, 5) is 12.0. The molecule has 0 aliphatic rings. The Balaban J connectivity index is 1.57. The van der Waals surface area contributed by atoms with Gasteiger partial charge in [-0.05, 0) is 55.0 Å². The molecule has 0 fully saturated rings. The van der Waals surface area contributed by atoms with Gasteiger partial charge in [-0.3, -0.25) is 4.79 Å². The molecule has 4 nitrogen and oxygen atoms in total. The molecule has 3 aromatic rings. The fourth-order valence-electron chi connectivity index (χ4n) is 2.21. The van der Waals surface area contributed by atoms with Gasteiger partial charge < -0.3 is 14.5 Å². The number of halogens is 1. The fraction of sp³-hybridized carbons (Fsp3) is 0.105. The van der Waals surface area contributed by atoms with Crippen LogP contribution in [0.5, 0.6) is 11.5 Å². The lowest BCUT2D eigenvalue weighted by Gasteiger charge is -2.08. The Morgan fingerprint density at radius 3 is 2.25 bits per heavy atom. The molecule has 0 unspecified atom stereocenters. The Bertz CT molecular complexity index is 823. The smallest absolute Gasteiger partial charge is 0.255 e. The van der Waals surface area contributed by atoms with Gasteiger partial charge in [-0.2, -0.15) is 0 Å². The van der Waals surface area contributed by atoms with E-state index < -0.39 is 0 Å². The van der Waals surface area contributed by atoms with Crippen molar-refractivity contribution in [2.45, 2.75) is 13.5 Å². The average molecular weight is 325 g/mol. The van der Waals surface area contributed by atoms with E-state index in [-0.39, 0.29) is 11.7 Å². The van der Waals surface area contributed by atoms with Gasteiger partial charge in [0.05, 0.1) is 11.8 Å². The lowest BCUT2D eigenvalue weighted by molar-refractivity contribution is 0.0949. The van der Waals surface area contributed by atoms with Crippen molar-refractivity contribution in [2.24, 2.45) is 0 Å². The minimum Gasteiger partial charge on any atom is -0.469 e. The van der Waals surface area contributed by atoms with Gasteiger partial charge in [0.25, 0.3) is 5.91 Å². The minimum absolute atomic E-state index is 0.173. The molecular weight excluding hydrogens is 309 g/mol. The summed E-state index contributed by atoms with van der Waals surface area (Å²) in [7, 11) is 0. The van der Waals surface area contributed by atoms with Gasteiger partial charge in [-0.1, -0.05) is 12.1 Å². The van der Waals surface area contributed by atoms with Crippen LogP contribution in [0.3, 0.4) is 0 Å². The van der Waals surface area contributed by atoms with E-state index in [9.17, 15) is 9.18 Å². The molecule has 0 bridgehead atoms. The molecular formula is C19H16FNO3. The largest absolute Gasteiger partial charge is 0.469 e. The van der Waals surface area contributed by atoms with Crippen LogP contribution in [0.4, 0.5) is 4.39 Å². The van der Waals surface area contributed by atoms with Crippen molar-refractivity contribution in [1.29, 1.82) is 0 Å². The molecule has 5 heteroatoms. The van der Waals surface area contributed by atoms with E-state index in [0.29, 0.717) is 29.4 Å². The number of benzene rings is 2. The second-order valence-electron chi connectivity index (χ2n) is 5.27. The summed E-state index contributed by atoms with van der Waals surface area (Å²) >= 11 is 0. The number of amides is 1. The van der Waals surface area contributed by atoms with Crippen LogP contribution < -0.4 is 10.1 Å². The van der Waals surface area contributed by atoms with Gasteiger partial charge in [0.2, 0.25) is 0 Å². The van der Waals surface area contributed by atoms with Gasteiger partial charge >= 0.3 is 0 Å². The topological polar surface area (TPSA) is 51.5 Å². The summed E-state index contributed by atoms with van der Waals surface area (Å²) in [6.45, 7) is 2.15. The fourth-order valence-corrected chi connectivity index (χ4v) is 2.21. The molecule has 0 atom stereocenters. The number of rotatable bonds is 5. The van der Waals surface area contributed by atoms with Crippen LogP contribution in [0.1, 0.15) is 21.7 Å². The van der Waals surface area contributed by atoms with Gasteiger partial charge in [-0.15, -0.1) is 0 Å². The number of furan rings is 1. The first-order chi connectivity index (χ1) is 11.6. The predicted octanol–water partition coefficient (Wildman–Crippen LogP) is 4.45. The number of hydrogen-bond donors (Lipinski definition) is 1. The van der Waals surface area contributed by atoms with Crippen LogP contribution in [0.15, 0.2) is 65.3 Å². The van der Waals surface area contributed by atoms with Gasteiger partial charge in [-0.25, -0.2) is 4.39 Å². The zero-order valence-electron chi connectivity index (χ0n) is 13.1. The molecule has 0 saturated carbocycles. The third-order valence-corrected chi connectivity index (χ3v) is 3.53. The summed E-state index contributed by atoms with van der Waals surface area (Å²) in [5, 5.41) is 2.84. The van der Waals surface area contributed by atoms with E-state index in [2.05, 4.69) is 5.32 Å². The maximum absolute atomic E-state index is 12.9. The van der Waals surface area contributed by atoms with Crippen LogP contribution in [0.2, 0.25) is 0 Å². The molecule has 3 rings (SSSR count). The Hall–Kier alpha value is -3.08. The third-order valence-electron chi connectivity index (χ3n) is 3.53. The highest BCUT2D eigenvalue weighted by Gasteiger charge is 2.10. The summed E-state index contributed by atoms with van der Waals surface area (Å²) < 4.78 is 23.6. The molecule has 24 heavy (non-hydrogen) atoms. The molecule has 0 aliphatic carbocycles.